The smallest absolute Gasteiger partial charge is 0.224 e. The van der Waals surface area contributed by atoms with Gasteiger partial charge in [0.15, 0.2) is 0 Å². The standard InChI is InChI=1S/C12H12ClN3O/c13-9-4-12(17)16(7-9)6-8-2-1-3-11-10(8)5-14-15-11/h1-3,5,9H,4,6-7H2,(H,14,15). The normalized spacial score (nSPS) is 20.4. The van der Waals surface area contributed by atoms with Crippen LogP contribution in [0.3, 0.4) is 0 Å². The lowest BCUT2D eigenvalue weighted by Crippen LogP contribution is -2.24. The van der Waals surface area contributed by atoms with Crippen molar-refractivity contribution in [3.05, 3.63) is 30.0 Å². The van der Waals surface area contributed by atoms with Crippen molar-refractivity contribution < 1.29 is 4.79 Å². The summed E-state index contributed by atoms with van der Waals surface area (Å²) < 4.78 is 0. The Labute approximate surface area is 104 Å². The van der Waals surface area contributed by atoms with Crippen LogP contribution in [-0.2, 0) is 11.3 Å². The summed E-state index contributed by atoms with van der Waals surface area (Å²) in [7, 11) is 0. The second kappa shape index (κ2) is 4.04. The van der Waals surface area contributed by atoms with Gasteiger partial charge in [-0.2, -0.15) is 5.10 Å². The molecule has 4 nitrogen and oxygen atoms in total. The van der Waals surface area contributed by atoms with E-state index >= 15 is 0 Å². The molecule has 2 aromatic rings. The van der Waals surface area contributed by atoms with Crippen LogP contribution >= 0.6 is 11.6 Å². The minimum atomic E-state index is -0.0500. The van der Waals surface area contributed by atoms with Crippen molar-refractivity contribution in [1.29, 1.82) is 0 Å². The van der Waals surface area contributed by atoms with E-state index in [1.165, 1.54) is 0 Å². The Morgan fingerprint density at radius 2 is 2.41 bits per heavy atom. The summed E-state index contributed by atoms with van der Waals surface area (Å²) in [6.07, 6.45) is 2.24. The first kappa shape index (κ1) is 10.6. The summed E-state index contributed by atoms with van der Waals surface area (Å²) in [4.78, 5) is 13.5. The molecule has 1 aromatic carbocycles. The van der Waals surface area contributed by atoms with E-state index in [-0.39, 0.29) is 11.3 Å². The summed E-state index contributed by atoms with van der Waals surface area (Å²) in [5, 5.41) is 7.96. The fraction of sp³-hybridized carbons (Fsp3) is 0.333. The first-order valence-electron chi connectivity index (χ1n) is 5.57. The van der Waals surface area contributed by atoms with Crippen molar-refractivity contribution >= 4 is 28.4 Å². The molecule has 88 valence electrons. The van der Waals surface area contributed by atoms with Crippen LogP contribution in [0.1, 0.15) is 12.0 Å². The fourth-order valence-electron chi connectivity index (χ4n) is 2.25. The topological polar surface area (TPSA) is 49.0 Å². The molecule has 5 heteroatoms. The zero-order valence-electron chi connectivity index (χ0n) is 9.19. The van der Waals surface area contributed by atoms with Crippen molar-refractivity contribution in [2.45, 2.75) is 18.3 Å². The van der Waals surface area contributed by atoms with Gasteiger partial charge < -0.3 is 4.90 Å². The molecule has 1 atom stereocenters. The Morgan fingerprint density at radius 3 is 3.18 bits per heavy atom. The lowest BCUT2D eigenvalue weighted by Gasteiger charge is -2.16. The third-order valence-corrected chi connectivity index (χ3v) is 3.40. The second-order valence-corrected chi connectivity index (χ2v) is 4.94. The van der Waals surface area contributed by atoms with E-state index in [0.29, 0.717) is 19.5 Å². The average Bonchev–Trinajstić information content (AvgIpc) is 2.87. The van der Waals surface area contributed by atoms with E-state index in [9.17, 15) is 4.79 Å². The van der Waals surface area contributed by atoms with Gasteiger partial charge in [-0.3, -0.25) is 9.89 Å². The lowest BCUT2D eigenvalue weighted by atomic mass is 10.1. The summed E-state index contributed by atoms with van der Waals surface area (Å²) in [5.74, 6) is 0.130. The Hall–Kier alpha value is -1.55. The van der Waals surface area contributed by atoms with Gasteiger partial charge in [-0.25, -0.2) is 0 Å². The summed E-state index contributed by atoms with van der Waals surface area (Å²) in [6.45, 7) is 1.24. The van der Waals surface area contributed by atoms with Crippen LogP contribution in [0.15, 0.2) is 24.4 Å². The van der Waals surface area contributed by atoms with Crippen LogP contribution in [-0.4, -0.2) is 32.9 Å². The zero-order chi connectivity index (χ0) is 11.8. The largest absolute Gasteiger partial charge is 0.337 e. The van der Waals surface area contributed by atoms with Crippen LogP contribution < -0.4 is 0 Å². The Balaban J connectivity index is 1.90. The summed E-state index contributed by atoms with van der Waals surface area (Å²) in [6, 6.07) is 5.96. The highest BCUT2D eigenvalue weighted by atomic mass is 35.5. The third-order valence-electron chi connectivity index (χ3n) is 3.10. The molecule has 2 heterocycles. The molecule has 1 fully saturated rings. The van der Waals surface area contributed by atoms with E-state index in [1.54, 1.807) is 11.1 Å². The van der Waals surface area contributed by atoms with E-state index in [2.05, 4.69) is 10.2 Å². The number of nitrogens with zero attached hydrogens (tertiary/aromatic N) is 2. The molecule has 0 saturated carbocycles. The Bertz CT molecular complexity index is 566. The van der Waals surface area contributed by atoms with Gasteiger partial charge in [-0.15, -0.1) is 11.6 Å². The number of benzene rings is 1. The highest BCUT2D eigenvalue weighted by molar-refractivity contribution is 6.22. The van der Waals surface area contributed by atoms with E-state index in [0.717, 1.165) is 16.5 Å². The minimum absolute atomic E-state index is 0.0500. The molecular weight excluding hydrogens is 238 g/mol. The number of fused-ring (bicyclic) bond motifs is 1. The van der Waals surface area contributed by atoms with Gasteiger partial charge in [0.25, 0.3) is 0 Å². The number of aromatic amines is 1. The van der Waals surface area contributed by atoms with Crippen molar-refractivity contribution in [3.8, 4) is 0 Å². The molecule has 1 saturated heterocycles. The van der Waals surface area contributed by atoms with E-state index < -0.39 is 0 Å². The van der Waals surface area contributed by atoms with Gasteiger partial charge in [0.05, 0.1) is 17.1 Å². The maximum absolute atomic E-state index is 11.7. The molecule has 0 radical (unpaired) electrons. The summed E-state index contributed by atoms with van der Waals surface area (Å²) in [5.41, 5.74) is 2.10. The average molecular weight is 250 g/mol. The van der Waals surface area contributed by atoms with Crippen LogP contribution in [0.5, 0.6) is 0 Å². The maximum atomic E-state index is 11.7. The molecule has 3 rings (SSSR count). The predicted octanol–water partition coefficient (Wildman–Crippen LogP) is 1.90. The second-order valence-electron chi connectivity index (χ2n) is 4.32. The highest BCUT2D eigenvalue weighted by Gasteiger charge is 2.28. The number of alkyl halides is 1. The van der Waals surface area contributed by atoms with E-state index in [1.807, 2.05) is 18.2 Å². The van der Waals surface area contributed by atoms with Gasteiger partial charge >= 0.3 is 0 Å². The number of hydrogen-bond acceptors (Lipinski definition) is 2. The van der Waals surface area contributed by atoms with Crippen LogP contribution in [0.4, 0.5) is 0 Å². The number of halogens is 1. The molecule has 1 N–H and O–H groups in total. The van der Waals surface area contributed by atoms with Gasteiger partial charge in [-0.1, -0.05) is 12.1 Å². The van der Waals surface area contributed by atoms with Gasteiger partial charge in [-0.05, 0) is 11.6 Å². The molecule has 1 aliphatic heterocycles. The van der Waals surface area contributed by atoms with Gasteiger partial charge in [0.2, 0.25) is 5.91 Å². The number of amides is 1. The van der Waals surface area contributed by atoms with Gasteiger partial charge in [0, 0.05) is 24.9 Å². The van der Waals surface area contributed by atoms with Crippen molar-refractivity contribution in [3.63, 3.8) is 0 Å². The number of rotatable bonds is 2. The number of likely N-dealkylation sites (tertiary alicyclic amines) is 1. The number of aromatic nitrogens is 2. The van der Waals surface area contributed by atoms with Crippen molar-refractivity contribution in [2.75, 3.05) is 6.54 Å². The zero-order valence-corrected chi connectivity index (χ0v) is 9.94. The highest BCUT2D eigenvalue weighted by Crippen LogP contribution is 2.22. The van der Waals surface area contributed by atoms with Crippen LogP contribution in [0.2, 0.25) is 0 Å². The first-order valence-corrected chi connectivity index (χ1v) is 6.00. The van der Waals surface area contributed by atoms with Crippen molar-refractivity contribution in [1.82, 2.24) is 15.1 Å². The lowest BCUT2D eigenvalue weighted by molar-refractivity contribution is -0.128. The molecule has 17 heavy (non-hydrogen) atoms. The number of H-pyrrole nitrogens is 1. The first-order chi connectivity index (χ1) is 8.24. The fourth-order valence-corrected chi connectivity index (χ4v) is 2.55. The van der Waals surface area contributed by atoms with E-state index in [4.69, 9.17) is 11.6 Å². The molecule has 1 amide bonds. The monoisotopic (exact) mass is 249 g/mol. The quantitative estimate of drug-likeness (QED) is 0.827. The number of carbonyl (C=O) groups excluding carboxylic acids is 1. The SMILES string of the molecule is O=C1CC(Cl)CN1Cc1cccc2[nH]ncc12. The van der Waals surface area contributed by atoms with Crippen molar-refractivity contribution in [2.24, 2.45) is 0 Å². The van der Waals surface area contributed by atoms with Crippen LogP contribution in [0, 0.1) is 0 Å². The Kier molecular flexibility index (Phi) is 2.52. The van der Waals surface area contributed by atoms with Crippen LogP contribution in [0.25, 0.3) is 10.9 Å². The minimum Gasteiger partial charge on any atom is -0.337 e. The molecule has 0 aliphatic carbocycles. The molecular formula is C12H12ClN3O. The molecule has 0 spiro atoms. The molecule has 1 aromatic heterocycles. The number of nitrogens with one attached hydrogen (secondary N) is 1. The number of carbonyl (C=O) groups is 1. The molecule has 1 aliphatic rings. The molecule has 0 bridgehead atoms. The van der Waals surface area contributed by atoms with Gasteiger partial charge in [0.1, 0.15) is 0 Å². The molecule has 1 unspecified atom stereocenters. The third kappa shape index (κ3) is 1.89. The Morgan fingerprint density at radius 1 is 1.53 bits per heavy atom. The summed E-state index contributed by atoms with van der Waals surface area (Å²) >= 11 is 5.98. The predicted molar refractivity (Wildman–Crippen MR) is 65.8 cm³/mol. The number of hydrogen-bond donors (Lipinski definition) is 1. The maximum Gasteiger partial charge on any atom is 0.224 e.